The predicted molar refractivity (Wildman–Crippen MR) is 63.4 cm³/mol. The Morgan fingerprint density at radius 1 is 0.737 bits per heavy atom. The largest absolute Gasteiger partial charge is 0.465 e. The molecule has 0 bridgehead atoms. The lowest BCUT2D eigenvalue weighted by Gasteiger charge is -2.05. The summed E-state index contributed by atoms with van der Waals surface area (Å²) in [6, 6.07) is 0. The molecule has 0 aliphatic heterocycles. The zero-order chi connectivity index (χ0) is 14.7. The molecule has 0 radical (unpaired) electrons. The van der Waals surface area contributed by atoms with Crippen LogP contribution in [0.15, 0.2) is 0 Å². The van der Waals surface area contributed by atoms with Gasteiger partial charge in [0, 0.05) is 12.8 Å². The molecule has 0 rings (SSSR count). The lowest BCUT2D eigenvalue weighted by atomic mass is 10.3. The summed E-state index contributed by atoms with van der Waals surface area (Å²) in [4.78, 5) is 43.0. The van der Waals surface area contributed by atoms with E-state index in [-0.39, 0.29) is 26.1 Å². The maximum absolute atomic E-state index is 11.1. The highest BCUT2D eigenvalue weighted by Crippen LogP contribution is 1.96. The highest BCUT2D eigenvalue weighted by atomic mass is 16.6. The zero-order valence-electron chi connectivity index (χ0n) is 10.6. The van der Waals surface area contributed by atoms with Crippen molar-refractivity contribution in [3.8, 4) is 0 Å². The smallest absolute Gasteiger partial charge is 0.317 e. The average molecular weight is 274 g/mol. The van der Waals surface area contributed by atoms with Gasteiger partial charge in [-0.05, 0) is 12.8 Å². The van der Waals surface area contributed by atoms with Gasteiger partial charge in [0.15, 0.2) is 0 Å². The van der Waals surface area contributed by atoms with E-state index < -0.39 is 30.2 Å². The first-order chi connectivity index (χ1) is 8.91. The van der Waals surface area contributed by atoms with E-state index >= 15 is 0 Å². The number of carbonyl (C=O) groups excluding carboxylic acids is 4. The second-order valence-corrected chi connectivity index (χ2v) is 3.76. The molecule has 0 spiro atoms. The number of rotatable bonds is 10. The van der Waals surface area contributed by atoms with Crippen molar-refractivity contribution in [2.24, 2.45) is 11.5 Å². The molecule has 0 atom stereocenters. The van der Waals surface area contributed by atoms with Crippen LogP contribution in [0.25, 0.3) is 0 Å². The van der Waals surface area contributed by atoms with Crippen molar-refractivity contribution in [1.29, 1.82) is 0 Å². The summed E-state index contributed by atoms with van der Waals surface area (Å²) in [5, 5.41) is 0. The van der Waals surface area contributed by atoms with Crippen LogP contribution < -0.4 is 11.5 Å². The van der Waals surface area contributed by atoms with Crippen LogP contribution in [0.5, 0.6) is 0 Å². The van der Waals surface area contributed by atoms with Gasteiger partial charge in [0.1, 0.15) is 6.42 Å². The van der Waals surface area contributed by atoms with Gasteiger partial charge in [0.05, 0.1) is 13.2 Å². The fraction of sp³-hybridized carbons (Fsp3) is 0.636. The molecular weight excluding hydrogens is 256 g/mol. The van der Waals surface area contributed by atoms with Crippen LogP contribution in [-0.4, -0.2) is 37.0 Å². The molecule has 0 unspecified atom stereocenters. The Morgan fingerprint density at radius 3 is 1.42 bits per heavy atom. The second-order valence-electron chi connectivity index (χ2n) is 3.76. The van der Waals surface area contributed by atoms with Gasteiger partial charge in [0.25, 0.3) is 0 Å². The van der Waals surface area contributed by atoms with Crippen molar-refractivity contribution in [3.63, 3.8) is 0 Å². The lowest BCUT2D eigenvalue weighted by molar-refractivity contribution is -0.155. The molecule has 8 heteroatoms. The molecule has 0 aliphatic rings. The predicted octanol–water partition coefficient (Wildman–Crippen LogP) is -1.01. The van der Waals surface area contributed by atoms with Gasteiger partial charge in [-0.1, -0.05) is 0 Å². The van der Waals surface area contributed by atoms with Crippen molar-refractivity contribution >= 4 is 23.8 Å². The third kappa shape index (κ3) is 12.1. The quantitative estimate of drug-likeness (QED) is 0.297. The van der Waals surface area contributed by atoms with Crippen molar-refractivity contribution in [2.45, 2.75) is 32.1 Å². The van der Waals surface area contributed by atoms with Crippen molar-refractivity contribution in [3.05, 3.63) is 0 Å². The third-order valence-corrected chi connectivity index (χ3v) is 1.95. The fourth-order valence-electron chi connectivity index (χ4n) is 1.08. The fourth-order valence-corrected chi connectivity index (χ4v) is 1.08. The van der Waals surface area contributed by atoms with Gasteiger partial charge in [-0.25, -0.2) is 0 Å². The van der Waals surface area contributed by atoms with E-state index in [2.05, 4.69) is 9.47 Å². The number of primary amides is 2. The van der Waals surface area contributed by atoms with Gasteiger partial charge < -0.3 is 20.9 Å². The Balaban J connectivity index is 3.55. The molecule has 0 aliphatic carbocycles. The number of carbonyl (C=O) groups is 4. The van der Waals surface area contributed by atoms with Gasteiger partial charge in [-0.15, -0.1) is 0 Å². The van der Waals surface area contributed by atoms with Crippen LogP contribution in [0.2, 0.25) is 0 Å². The van der Waals surface area contributed by atoms with E-state index in [4.69, 9.17) is 11.5 Å². The first kappa shape index (κ1) is 16.9. The van der Waals surface area contributed by atoms with Crippen LogP contribution in [0.3, 0.4) is 0 Å². The first-order valence-electron chi connectivity index (χ1n) is 5.79. The monoisotopic (exact) mass is 274 g/mol. The Labute approximate surface area is 110 Å². The molecule has 0 aromatic carbocycles. The highest BCUT2D eigenvalue weighted by Gasteiger charge is 2.12. The Morgan fingerprint density at radius 2 is 1.11 bits per heavy atom. The normalized spacial score (nSPS) is 9.68. The van der Waals surface area contributed by atoms with Crippen molar-refractivity contribution in [2.75, 3.05) is 13.2 Å². The van der Waals surface area contributed by atoms with Crippen LogP contribution in [0, 0.1) is 0 Å². The summed E-state index contributed by atoms with van der Waals surface area (Å²) in [6.07, 6.45) is 0.353. The van der Waals surface area contributed by atoms with E-state index in [0.717, 1.165) is 0 Å². The van der Waals surface area contributed by atoms with Gasteiger partial charge in [0.2, 0.25) is 11.8 Å². The number of esters is 2. The second kappa shape index (κ2) is 9.86. The maximum Gasteiger partial charge on any atom is 0.317 e. The summed E-state index contributed by atoms with van der Waals surface area (Å²) in [6.45, 7) is 0.0491. The van der Waals surface area contributed by atoms with E-state index in [0.29, 0.717) is 12.8 Å². The van der Waals surface area contributed by atoms with E-state index in [9.17, 15) is 19.2 Å². The molecule has 0 aromatic rings. The first-order valence-corrected chi connectivity index (χ1v) is 5.79. The van der Waals surface area contributed by atoms with E-state index in [1.807, 2.05) is 0 Å². The number of ether oxygens (including phenoxy) is 2. The molecule has 8 nitrogen and oxygen atoms in total. The van der Waals surface area contributed by atoms with Crippen LogP contribution in [-0.2, 0) is 28.7 Å². The van der Waals surface area contributed by atoms with E-state index in [1.54, 1.807) is 0 Å². The highest BCUT2D eigenvalue weighted by molar-refractivity contribution is 5.91. The standard InChI is InChI=1S/C11H18N2O6/c12-8(14)3-1-5-18-10(16)7-11(17)19-6-2-4-9(13)15/h1-7H2,(H2,12,14)(H2,13,15). The van der Waals surface area contributed by atoms with Crippen LogP contribution in [0.4, 0.5) is 0 Å². The molecule has 19 heavy (non-hydrogen) atoms. The molecule has 4 N–H and O–H groups in total. The van der Waals surface area contributed by atoms with E-state index in [1.165, 1.54) is 0 Å². The minimum absolute atomic E-state index is 0.0245. The maximum atomic E-state index is 11.1. The zero-order valence-corrected chi connectivity index (χ0v) is 10.6. The molecule has 0 saturated heterocycles. The molecular formula is C11H18N2O6. The van der Waals surface area contributed by atoms with Crippen LogP contribution >= 0.6 is 0 Å². The Bertz CT molecular complexity index is 310. The number of hydrogen-bond acceptors (Lipinski definition) is 6. The Kier molecular flexibility index (Phi) is 8.76. The molecule has 2 amide bonds. The summed E-state index contributed by atoms with van der Waals surface area (Å²) in [5.41, 5.74) is 9.79. The molecule has 0 fully saturated rings. The van der Waals surface area contributed by atoms with Gasteiger partial charge >= 0.3 is 11.9 Å². The molecule has 0 saturated carbocycles. The Hall–Kier alpha value is -2.12. The third-order valence-electron chi connectivity index (χ3n) is 1.95. The van der Waals surface area contributed by atoms with Crippen molar-refractivity contribution in [1.82, 2.24) is 0 Å². The number of nitrogens with two attached hydrogens (primary N) is 2. The lowest BCUT2D eigenvalue weighted by Crippen LogP contribution is -2.17. The van der Waals surface area contributed by atoms with Gasteiger partial charge in [-0.3, -0.25) is 19.2 Å². The minimum atomic E-state index is -0.732. The minimum Gasteiger partial charge on any atom is -0.465 e. The SMILES string of the molecule is NC(=O)CCCOC(=O)CC(=O)OCCCC(N)=O. The number of hydrogen-bond donors (Lipinski definition) is 2. The molecule has 0 heterocycles. The number of amides is 2. The molecule has 108 valence electrons. The summed E-state index contributed by atoms with van der Waals surface area (Å²) >= 11 is 0. The average Bonchev–Trinajstić information content (AvgIpc) is 2.30. The summed E-state index contributed by atoms with van der Waals surface area (Å²) < 4.78 is 9.37. The molecule has 0 aromatic heterocycles. The summed E-state index contributed by atoms with van der Waals surface area (Å²) in [5.74, 6) is -2.43. The summed E-state index contributed by atoms with van der Waals surface area (Å²) in [7, 11) is 0. The van der Waals surface area contributed by atoms with Crippen molar-refractivity contribution < 1.29 is 28.7 Å². The van der Waals surface area contributed by atoms with Crippen LogP contribution in [0.1, 0.15) is 32.1 Å². The van der Waals surface area contributed by atoms with Gasteiger partial charge in [-0.2, -0.15) is 0 Å². The topological polar surface area (TPSA) is 139 Å².